The lowest BCUT2D eigenvalue weighted by Gasteiger charge is -2.36. The van der Waals surface area contributed by atoms with Crippen LogP contribution in [0.2, 0.25) is 0 Å². The molecule has 41 heavy (non-hydrogen) atoms. The molecule has 3 aromatic rings. The van der Waals surface area contributed by atoms with Gasteiger partial charge < -0.3 is 20.3 Å². The van der Waals surface area contributed by atoms with Crippen molar-refractivity contribution >= 4 is 39.7 Å². The Morgan fingerprint density at radius 3 is 2.73 bits per heavy atom. The van der Waals surface area contributed by atoms with E-state index in [0.717, 1.165) is 35.3 Å². The molecule has 7 rings (SSSR count). The highest BCUT2D eigenvalue weighted by molar-refractivity contribution is 7.85. The Balaban J connectivity index is 1.30. The summed E-state index contributed by atoms with van der Waals surface area (Å²) in [7, 11) is -1.58. The lowest BCUT2D eigenvalue weighted by Crippen LogP contribution is -2.52. The third kappa shape index (κ3) is 4.84. The summed E-state index contributed by atoms with van der Waals surface area (Å²) >= 11 is 0.830. The summed E-state index contributed by atoms with van der Waals surface area (Å²) in [5.41, 5.74) is 0.866. The molecule has 5 heterocycles. The van der Waals surface area contributed by atoms with Gasteiger partial charge in [-0.05, 0) is 54.5 Å². The number of nitrogens with one attached hydrogen (secondary N) is 2. The molecular formula is C27H25F4N5O3S2. The first kappa shape index (κ1) is 26.9. The molecule has 1 atom stereocenters. The number of hydrogen-bond acceptors (Lipinski definition) is 8. The third-order valence-corrected chi connectivity index (χ3v) is 10.5. The molecule has 14 heteroatoms. The van der Waals surface area contributed by atoms with Crippen LogP contribution in [-0.4, -0.2) is 63.1 Å². The maximum absolute atomic E-state index is 15.8. The number of benzene rings is 1. The SMILES string of the molecule is O=C1c2sc(-c3nc(Nc4c(C5CC5)cc5c(c4F)CCNC5)ncc3C(F)(F)F)cc2S(=O)CCN1C1COC1. The normalized spacial score (nSPS) is 21.2. The van der Waals surface area contributed by atoms with Crippen LogP contribution in [0.25, 0.3) is 10.6 Å². The number of anilines is 2. The van der Waals surface area contributed by atoms with Crippen molar-refractivity contribution in [3.63, 3.8) is 0 Å². The summed E-state index contributed by atoms with van der Waals surface area (Å²) in [4.78, 5) is 23.4. The maximum atomic E-state index is 15.8. The molecule has 1 amide bonds. The van der Waals surface area contributed by atoms with E-state index in [1.807, 2.05) is 6.07 Å². The quantitative estimate of drug-likeness (QED) is 0.410. The van der Waals surface area contributed by atoms with Crippen LogP contribution in [0.5, 0.6) is 0 Å². The van der Waals surface area contributed by atoms with E-state index in [-0.39, 0.29) is 56.5 Å². The van der Waals surface area contributed by atoms with Gasteiger partial charge in [-0.2, -0.15) is 13.2 Å². The Bertz CT molecular complexity index is 1590. The molecule has 8 nitrogen and oxygen atoms in total. The van der Waals surface area contributed by atoms with Crippen LogP contribution < -0.4 is 10.6 Å². The molecule has 1 saturated heterocycles. The van der Waals surface area contributed by atoms with Crippen LogP contribution in [-0.2, 0) is 34.7 Å². The van der Waals surface area contributed by atoms with E-state index in [2.05, 4.69) is 20.6 Å². The minimum atomic E-state index is -4.79. The second kappa shape index (κ2) is 10.1. The number of hydrogen-bond donors (Lipinski definition) is 2. The molecule has 1 aliphatic carbocycles. The zero-order valence-electron chi connectivity index (χ0n) is 21.6. The fourth-order valence-electron chi connectivity index (χ4n) is 5.51. The summed E-state index contributed by atoms with van der Waals surface area (Å²) in [6.45, 7) is 2.19. The molecule has 4 aliphatic rings. The van der Waals surface area contributed by atoms with Gasteiger partial charge in [0.15, 0.2) is 5.82 Å². The molecule has 2 fully saturated rings. The van der Waals surface area contributed by atoms with Crippen LogP contribution in [0.4, 0.5) is 29.2 Å². The van der Waals surface area contributed by atoms with Gasteiger partial charge in [-0.1, -0.05) is 6.07 Å². The highest BCUT2D eigenvalue weighted by Crippen LogP contribution is 2.47. The Kier molecular flexibility index (Phi) is 6.64. The molecule has 0 bridgehead atoms. The number of carbonyl (C=O) groups is 1. The van der Waals surface area contributed by atoms with Crippen molar-refractivity contribution in [2.45, 2.75) is 48.8 Å². The van der Waals surface area contributed by atoms with Crippen molar-refractivity contribution in [3.05, 3.63) is 51.3 Å². The fourth-order valence-corrected chi connectivity index (χ4v) is 8.12. The number of alkyl halides is 3. The van der Waals surface area contributed by atoms with Gasteiger partial charge in [0.1, 0.15) is 10.4 Å². The van der Waals surface area contributed by atoms with Gasteiger partial charge in [0, 0.05) is 25.0 Å². The minimum absolute atomic E-state index is 0.0422. The van der Waals surface area contributed by atoms with Gasteiger partial charge in [0.2, 0.25) is 5.95 Å². The van der Waals surface area contributed by atoms with Gasteiger partial charge in [0.25, 0.3) is 5.91 Å². The molecule has 1 saturated carbocycles. The number of aromatic nitrogens is 2. The van der Waals surface area contributed by atoms with Crippen molar-refractivity contribution in [2.24, 2.45) is 0 Å². The molecular weight excluding hydrogens is 582 g/mol. The largest absolute Gasteiger partial charge is 0.420 e. The number of amides is 1. The lowest BCUT2D eigenvalue weighted by molar-refractivity contribution is -0.137. The minimum Gasteiger partial charge on any atom is -0.377 e. The molecule has 0 radical (unpaired) electrons. The standard InChI is InChI=1S/C27H25F4N5O3S2/c28-21-16-3-4-32-9-14(16)7-17(13-1-2-13)22(21)34-26-33-10-18(27(29,30)31)23(35-26)19-8-20-24(40-19)25(37)36(5-6-41(20)38)15-11-39-12-15/h7-8,10,13,15,32H,1-6,9,11-12H2,(H,33,34,35). The van der Waals surface area contributed by atoms with Gasteiger partial charge in [0.05, 0.1) is 51.2 Å². The van der Waals surface area contributed by atoms with Crippen LogP contribution in [0.3, 0.4) is 0 Å². The number of thiophene rings is 1. The van der Waals surface area contributed by atoms with Gasteiger partial charge in [-0.3, -0.25) is 9.00 Å². The van der Waals surface area contributed by atoms with E-state index < -0.39 is 34.1 Å². The topological polar surface area (TPSA) is 96.4 Å². The molecule has 0 spiro atoms. The number of halogens is 4. The summed E-state index contributed by atoms with van der Waals surface area (Å²) in [5, 5.41) is 6.14. The van der Waals surface area contributed by atoms with Gasteiger partial charge in [-0.25, -0.2) is 14.4 Å². The number of fused-ring (bicyclic) bond motifs is 2. The van der Waals surface area contributed by atoms with E-state index in [1.165, 1.54) is 6.07 Å². The van der Waals surface area contributed by atoms with Crippen LogP contribution >= 0.6 is 11.3 Å². The van der Waals surface area contributed by atoms with Crippen molar-refractivity contribution in [1.29, 1.82) is 0 Å². The molecule has 1 unspecified atom stereocenters. The van der Waals surface area contributed by atoms with E-state index in [9.17, 15) is 22.2 Å². The molecule has 1 aromatic carbocycles. The van der Waals surface area contributed by atoms with E-state index in [4.69, 9.17) is 4.74 Å². The van der Waals surface area contributed by atoms with Crippen LogP contribution in [0, 0.1) is 5.82 Å². The monoisotopic (exact) mass is 607 g/mol. The van der Waals surface area contributed by atoms with Gasteiger partial charge in [-0.15, -0.1) is 11.3 Å². The Hall–Kier alpha value is -2.94. The first-order valence-corrected chi connectivity index (χ1v) is 15.5. The number of rotatable bonds is 5. The van der Waals surface area contributed by atoms with Crippen molar-refractivity contribution < 1.29 is 31.3 Å². The second-order valence-corrected chi connectivity index (χ2v) is 13.2. The first-order chi connectivity index (χ1) is 19.7. The maximum Gasteiger partial charge on any atom is 0.420 e. The predicted molar refractivity (Wildman–Crippen MR) is 144 cm³/mol. The average molecular weight is 608 g/mol. The Morgan fingerprint density at radius 2 is 2.02 bits per heavy atom. The zero-order valence-corrected chi connectivity index (χ0v) is 23.3. The first-order valence-electron chi connectivity index (χ1n) is 13.4. The second-order valence-electron chi connectivity index (χ2n) is 10.6. The number of nitrogens with zero attached hydrogens (tertiary/aromatic N) is 3. The Labute approximate surface area is 239 Å². The van der Waals surface area contributed by atoms with Crippen LogP contribution in [0.1, 0.15) is 50.7 Å². The van der Waals surface area contributed by atoms with E-state index in [0.29, 0.717) is 44.5 Å². The van der Waals surface area contributed by atoms with Crippen molar-refractivity contribution in [1.82, 2.24) is 20.2 Å². The van der Waals surface area contributed by atoms with Gasteiger partial charge >= 0.3 is 6.18 Å². The summed E-state index contributed by atoms with van der Waals surface area (Å²) < 4.78 is 76.4. The number of carbonyl (C=O) groups excluding carboxylic acids is 1. The van der Waals surface area contributed by atoms with Crippen molar-refractivity contribution in [2.75, 3.05) is 37.4 Å². The van der Waals surface area contributed by atoms with E-state index >= 15 is 4.39 Å². The third-order valence-electron chi connectivity index (χ3n) is 7.92. The smallest absolute Gasteiger partial charge is 0.377 e. The molecule has 3 aliphatic heterocycles. The number of ether oxygens (including phenoxy) is 1. The van der Waals surface area contributed by atoms with Crippen LogP contribution in [0.15, 0.2) is 23.2 Å². The average Bonchev–Trinajstić information content (AvgIpc) is 3.68. The molecule has 2 N–H and O–H groups in total. The van der Waals surface area contributed by atoms with E-state index in [1.54, 1.807) is 4.90 Å². The summed E-state index contributed by atoms with van der Waals surface area (Å²) in [6, 6.07) is 3.17. The highest BCUT2D eigenvalue weighted by atomic mass is 32.2. The van der Waals surface area contributed by atoms with Crippen molar-refractivity contribution in [3.8, 4) is 10.6 Å². The lowest BCUT2D eigenvalue weighted by atomic mass is 9.94. The Morgan fingerprint density at radius 1 is 1.22 bits per heavy atom. The predicted octanol–water partition coefficient (Wildman–Crippen LogP) is 4.59. The molecule has 2 aromatic heterocycles. The zero-order chi connectivity index (χ0) is 28.5. The fraction of sp³-hybridized carbons (Fsp3) is 0.444. The molecule has 216 valence electrons. The summed E-state index contributed by atoms with van der Waals surface area (Å²) in [5.74, 6) is -0.667. The summed E-state index contributed by atoms with van der Waals surface area (Å²) in [6.07, 6.45) is -1.83. The highest BCUT2D eigenvalue weighted by Gasteiger charge is 2.39.